The van der Waals surface area contributed by atoms with Crippen LogP contribution in [0.2, 0.25) is 0 Å². The van der Waals surface area contributed by atoms with Gasteiger partial charge in [0.15, 0.2) is 0 Å². The fourth-order valence-corrected chi connectivity index (χ4v) is 3.56. The fraction of sp³-hybridized carbons (Fsp3) is 0.273. The average molecular weight is 364 g/mol. The van der Waals surface area contributed by atoms with Crippen molar-refractivity contribution in [3.05, 3.63) is 71.9 Å². The lowest BCUT2D eigenvalue weighted by Gasteiger charge is -2.26. The molecule has 2 unspecified atom stereocenters. The predicted molar refractivity (Wildman–Crippen MR) is 105 cm³/mol. The standard InChI is InChI=1S/C22H24N2O3/c1-4-27-22(26)21(23-15(2)25)20(16-10-6-5-7-11-16)18-14-24(3)19-13-9-8-12-17(18)19/h5-14,20-21H,4H2,1-3H3,(H,23,25). The summed E-state index contributed by atoms with van der Waals surface area (Å²) in [6.45, 7) is 3.43. The molecule has 0 spiro atoms. The number of carbonyl (C=O) groups is 2. The second kappa shape index (κ2) is 8.08. The molecule has 1 amide bonds. The molecule has 0 bridgehead atoms. The molecule has 0 aliphatic carbocycles. The van der Waals surface area contributed by atoms with Crippen molar-refractivity contribution < 1.29 is 14.3 Å². The van der Waals surface area contributed by atoms with Crippen LogP contribution in [0.5, 0.6) is 0 Å². The number of rotatable bonds is 6. The minimum Gasteiger partial charge on any atom is -0.464 e. The Morgan fingerprint density at radius 2 is 1.74 bits per heavy atom. The quantitative estimate of drug-likeness (QED) is 0.682. The molecular formula is C22H24N2O3. The summed E-state index contributed by atoms with van der Waals surface area (Å²) in [5.74, 6) is -1.07. The van der Waals surface area contributed by atoms with Crippen LogP contribution in [0.25, 0.3) is 10.9 Å². The highest BCUT2D eigenvalue weighted by Gasteiger charge is 2.34. The molecule has 140 valence electrons. The molecule has 2 aromatic carbocycles. The molecule has 0 fully saturated rings. The predicted octanol–water partition coefficient (Wildman–Crippen LogP) is 3.38. The highest BCUT2D eigenvalue weighted by molar-refractivity contribution is 5.89. The van der Waals surface area contributed by atoms with Crippen LogP contribution < -0.4 is 5.32 Å². The molecule has 0 aliphatic rings. The number of esters is 1. The average Bonchev–Trinajstić information content (AvgIpc) is 2.99. The van der Waals surface area contributed by atoms with Gasteiger partial charge in [-0.25, -0.2) is 4.79 Å². The molecule has 5 nitrogen and oxygen atoms in total. The van der Waals surface area contributed by atoms with E-state index in [1.165, 1.54) is 6.92 Å². The number of benzene rings is 2. The minimum atomic E-state index is -0.810. The lowest BCUT2D eigenvalue weighted by atomic mass is 9.84. The Kier molecular flexibility index (Phi) is 5.60. The van der Waals surface area contributed by atoms with E-state index in [0.29, 0.717) is 0 Å². The molecule has 27 heavy (non-hydrogen) atoms. The van der Waals surface area contributed by atoms with E-state index < -0.39 is 12.0 Å². The van der Waals surface area contributed by atoms with Crippen LogP contribution in [-0.4, -0.2) is 29.1 Å². The number of aryl methyl sites for hydroxylation is 1. The van der Waals surface area contributed by atoms with Crippen molar-refractivity contribution in [2.45, 2.75) is 25.8 Å². The number of ether oxygens (including phenoxy) is 1. The lowest BCUT2D eigenvalue weighted by molar-refractivity contribution is -0.147. The van der Waals surface area contributed by atoms with Crippen molar-refractivity contribution >= 4 is 22.8 Å². The van der Waals surface area contributed by atoms with Crippen molar-refractivity contribution in [3.63, 3.8) is 0 Å². The van der Waals surface area contributed by atoms with Crippen LogP contribution in [0, 0.1) is 0 Å². The molecular weight excluding hydrogens is 340 g/mol. The van der Waals surface area contributed by atoms with Gasteiger partial charge in [-0.2, -0.15) is 0 Å². The number of amides is 1. The van der Waals surface area contributed by atoms with Crippen LogP contribution in [0.4, 0.5) is 0 Å². The monoisotopic (exact) mass is 364 g/mol. The summed E-state index contributed by atoms with van der Waals surface area (Å²) in [5.41, 5.74) is 2.99. The first kappa shape index (κ1) is 18.7. The number of nitrogens with zero attached hydrogens (tertiary/aromatic N) is 1. The van der Waals surface area contributed by atoms with E-state index in [1.54, 1.807) is 6.92 Å². The van der Waals surface area contributed by atoms with E-state index in [9.17, 15) is 9.59 Å². The third-order valence-corrected chi connectivity index (χ3v) is 4.65. The van der Waals surface area contributed by atoms with Crippen molar-refractivity contribution in [2.75, 3.05) is 6.61 Å². The number of carbonyl (C=O) groups excluding carboxylic acids is 2. The molecule has 0 saturated carbocycles. The van der Waals surface area contributed by atoms with Crippen molar-refractivity contribution in [1.82, 2.24) is 9.88 Å². The minimum absolute atomic E-state index is 0.256. The zero-order chi connectivity index (χ0) is 19.4. The second-order valence-corrected chi connectivity index (χ2v) is 6.53. The van der Waals surface area contributed by atoms with Crippen LogP contribution in [-0.2, 0) is 21.4 Å². The van der Waals surface area contributed by atoms with Gasteiger partial charge in [-0.1, -0.05) is 48.5 Å². The van der Waals surface area contributed by atoms with Crippen LogP contribution >= 0.6 is 0 Å². The van der Waals surface area contributed by atoms with E-state index in [2.05, 4.69) is 5.32 Å². The first-order chi connectivity index (χ1) is 13.0. The number of fused-ring (bicyclic) bond motifs is 1. The summed E-state index contributed by atoms with van der Waals surface area (Å²) < 4.78 is 7.33. The van der Waals surface area contributed by atoms with Gasteiger partial charge in [0.2, 0.25) is 5.91 Å². The maximum absolute atomic E-state index is 12.8. The maximum atomic E-state index is 12.8. The maximum Gasteiger partial charge on any atom is 0.329 e. The summed E-state index contributed by atoms with van der Waals surface area (Å²) in [7, 11) is 1.98. The SMILES string of the molecule is CCOC(=O)C(NC(C)=O)C(c1ccccc1)c1cn(C)c2ccccc12. The number of nitrogens with one attached hydrogen (secondary N) is 1. The summed E-state index contributed by atoms with van der Waals surface area (Å²) in [5, 5.41) is 3.86. The first-order valence-corrected chi connectivity index (χ1v) is 9.05. The Morgan fingerprint density at radius 3 is 2.41 bits per heavy atom. The lowest BCUT2D eigenvalue weighted by Crippen LogP contribution is -2.45. The van der Waals surface area contributed by atoms with Gasteiger partial charge in [-0.05, 0) is 24.1 Å². The van der Waals surface area contributed by atoms with Gasteiger partial charge in [0.1, 0.15) is 6.04 Å². The molecule has 1 aromatic heterocycles. The first-order valence-electron chi connectivity index (χ1n) is 9.05. The van der Waals surface area contributed by atoms with Crippen molar-refractivity contribution in [2.24, 2.45) is 7.05 Å². The zero-order valence-electron chi connectivity index (χ0n) is 15.8. The Hall–Kier alpha value is -3.08. The Bertz CT molecular complexity index is 947. The van der Waals surface area contributed by atoms with E-state index in [-0.39, 0.29) is 18.4 Å². The summed E-state index contributed by atoms with van der Waals surface area (Å²) in [6.07, 6.45) is 2.02. The summed E-state index contributed by atoms with van der Waals surface area (Å²) >= 11 is 0. The van der Waals surface area contributed by atoms with Crippen molar-refractivity contribution in [3.8, 4) is 0 Å². The summed E-state index contributed by atoms with van der Waals surface area (Å²) in [6, 6.07) is 17.0. The highest BCUT2D eigenvalue weighted by Crippen LogP contribution is 2.35. The van der Waals surface area contributed by atoms with Crippen LogP contribution in [0.1, 0.15) is 30.9 Å². The topological polar surface area (TPSA) is 60.3 Å². The second-order valence-electron chi connectivity index (χ2n) is 6.53. The van der Waals surface area contributed by atoms with Crippen LogP contribution in [0.3, 0.4) is 0 Å². The normalized spacial score (nSPS) is 13.1. The molecule has 3 rings (SSSR count). The van der Waals surface area contributed by atoms with Gasteiger partial charge in [-0.15, -0.1) is 0 Å². The number of hydrogen-bond acceptors (Lipinski definition) is 3. The highest BCUT2D eigenvalue weighted by atomic mass is 16.5. The van der Waals surface area contributed by atoms with Gasteiger partial charge >= 0.3 is 5.97 Å². The number of hydrogen-bond donors (Lipinski definition) is 1. The molecule has 1 heterocycles. The van der Waals surface area contributed by atoms with E-state index in [1.807, 2.05) is 72.4 Å². The Morgan fingerprint density at radius 1 is 1.07 bits per heavy atom. The Balaban J connectivity index is 2.21. The van der Waals surface area contributed by atoms with Gasteiger partial charge in [0.05, 0.1) is 6.61 Å². The number of para-hydroxylation sites is 1. The van der Waals surface area contributed by atoms with Gasteiger partial charge in [0.25, 0.3) is 0 Å². The molecule has 0 aliphatic heterocycles. The smallest absolute Gasteiger partial charge is 0.329 e. The zero-order valence-corrected chi connectivity index (χ0v) is 15.8. The van der Waals surface area contributed by atoms with E-state index in [4.69, 9.17) is 4.74 Å². The van der Waals surface area contributed by atoms with Crippen LogP contribution in [0.15, 0.2) is 60.8 Å². The molecule has 5 heteroatoms. The van der Waals surface area contributed by atoms with E-state index >= 15 is 0 Å². The largest absolute Gasteiger partial charge is 0.464 e. The Labute approximate surface area is 158 Å². The molecule has 0 saturated heterocycles. The fourth-order valence-electron chi connectivity index (χ4n) is 3.56. The summed E-state index contributed by atoms with van der Waals surface area (Å²) in [4.78, 5) is 24.6. The van der Waals surface area contributed by atoms with Gasteiger partial charge in [0, 0.05) is 37.0 Å². The van der Waals surface area contributed by atoms with Crippen molar-refractivity contribution in [1.29, 1.82) is 0 Å². The number of aromatic nitrogens is 1. The molecule has 1 N–H and O–H groups in total. The van der Waals surface area contributed by atoms with Gasteiger partial charge < -0.3 is 14.6 Å². The molecule has 2 atom stereocenters. The molecule has 3 aromatic rings. The third-order valence-electron chi connectivity index (χ3n) is 4.65. The third kappa shape index (κ3) is 3.87. The van der Waals surface area contributed by atoms with Gasteiger partial charge in [-0.3, -0.25) is 4.79 Å². The molecule has 0 radical (unpaired) electrons. The van der Waals surface area contributed by atoms with E-state index in [0.717, 1.165) is 22.0 Å².